The summed E-state index contributed by atoms with van der Waals surface area (Å²) in [4.78, 5) is 10.4. The average Bonchev–Trinajstić information content (AvgIpc) is 2.48. The van der Waals surface area contributed by atoms with Gasteiger partial charge in [-0.05, 0) is 18.4 Å². The molecule has 0 unspecified atom stereocenters. The van der Waals surface area contributed by atoms with Crippen molar-refractivity contribution < 1.29 is 9.66 Å². The molecule has 20 heavy (non-hydrogen) atoms. The maximum atomic E-state index is 10.7. The molecule has 0 aliphatic heterocycles. The van der Waals surface area contributed by atoms with Crippen LogP contribution in [0.25, 0.3) is 0 Å². The Labute approximate surface area is 120 Å². The highest BCUT2D eigenvalue weighted by atomic mass is 16.6. The number of rotatable bonds is 9. The highest BCUT2D eigenvalue weighted by molar-refractivity contribution is 5.36. The minimum absolute atomic E-state index is 0.0167. The molecule has 0 fully saturated rings. The van der Waals surface area contributed by atoms with E-state index in [0.717, 1.165) is 31.5 Å². The molecular formula is C15H24N2O3. The molecule has 5 heteroatoms. The van der Waals surface area contributed by atoms with Crippen LogP contribution < -0.4 is 5.32 Å². The lowest BCUT2D eigenvalue weighted by Crippen LogP contribution is -2.38. The zero-order valence-electron chi connectivity index (χ0n) is 12.5. The minimum atomic E-state index is -0.361. The SMILES string of the molecule is CCC(CC)(CNCCOC)c1ccc([N+](=O)[O-])cc1. The van der Waals surface area contributed by atoms with Crippen molar-refractivity contribution in [3.8, 4) is 0 Å². The number of nitro benzene ring substituents is 1. The van der Waals surface area contributed by atoms with Crippen molar-refractivity contribution in [2.75, 3.05) is 26.8 Å². The molecule has 1 aromatic rings. The molecule has 0 aliphatic carbocycles. The zero-order valence-corrected chi connectivity index (χ0v) is 12.5. The second-order valence-electron chi connectivity index (χ2n) is 4.96. The van der Waals surface area contributed by atoms with Gasteiger partial charge in [0, 0.05) is 37.7 Å². The number of benzene rings is 1. The van der Waals surface area contributed by atoms with Gasteiger partial charge in [-0.15, -0.1) is 0 Å². The van der Waals surface area contributed by atoms with Crippen LogP contribution in [0.15, 0.2) is 24.3 Å². The van der Waals surface area contributed by atoms with E-state index in [1.807, 2.05) is 12.1 Å². The third-order valence-electron chi connectivity index (χ3n) is 3.99. The van der Waals surface area contributed by atoms with Crippen LogP contribution in [-0.4, -0.2) is 31.7 Å². The van der Waals surface area contributed by atoms with Gasteiger partial charge in [0.25, 0.3) is 5.69 Å². The lowest BCUT2D eigenvalue weighted by atomic mass is 9.75. The van der Waals surface area contributed by atoms with E-state index in [4.69, 9.17) is 4.74 Å². The van der Waals surface area contributed by atoms with Gasteiger partial charge in [0.05, 0.1) is 11.5 Å². The number of non-ortho nitro benzene ring substituents is 1. The first-order valence-electron chi connectivity index (χ1n) is 7.04. The van der Waals surface area contributed by atoms with Gasteiger partial charge in [0.15, 0.2) is 0 Å². The summed E-state index contributed by atoms with van der Waals surface area (Å²) in [6.07, 6.45) is 1.97. The van der Waals surface area contributed by atoms with Crippen molar-refractivity contribution in [3.63, 3.8) is 0 Å². The Hall–Kier alpha value is -1.46. The van der Waals surface area contributed by atoms with Crippen molar-refractivity contribution in [1.82, 2.24) is 5.32 Å². The first-order chi connectivity index (χ1) is 9.59. The number of nitrogens with one attached hydrogen (secondary N) is 1. The second-order valence-corrected chi connectivity index (χ2v) is 4.96. The standard InChI is InChI=1S/C15H24N2O3/c1-4-15(5-2,12-16-10-11-20-3)13-6-8-14(9-7-13)17(18)19/h6-9,16H,4-5,10-12H2,1-3H3. The Kier molecular flexibility index (Phi) is 6.61. The molecular weight excluding hydrogens is 256 g/mol. The summed E-state index contributed by atoms with van der Waals surface area (Å²) in [7, 11) is 1.69. The Morgan fingerprint density at radius 1 is 1.25 bits per heavy atom. The Bertz CT molecular complexity index is 414. The van der Waals surface area contributed by atoms with Crippen molar-refractivity contribution >= 4 is 5.69 Å². The molecule has 0 saturated heterocycles. The molecule has 0 spiro atoms. The fourth-order valence-corrected chi connectivity index (χ4v) is 2.45. The largest absolute Gasteiger partial charge is 0.383 e. The van der Waals surface area contributed by atoms with Gasteiger partial charge in [0.1, 0.15) is 0 Å². The molecule has 0 radical (unpaired) electrons. The van der Waals surface area contributed by atoms with Crippen molar-refractivity contribution in [1.29, 1.82) is 0 Å². The van der Waals surface area contributed by atoms with Gasteiger partial charge in [-0.2, -0.15) is 0 Å². The highest BCUT2D eigenvalue weighted by Crippen LogP contribution is 2.32. The summed E-state index contributed by atoms with van der Waals surface area (Å²) in [5.41, 5.74) is 1.31. The quantitative estimate of drug-likeness (QED) is 0.429. The monoisotopic (exact) mass is 280 g/mol. The highest BCUT2D eigenvalue weighted by Gasteiger charge is 2.28. The number of ether oxygens (including phenoxy) is 1. The fourth-order valence-electron chi connectivity index (χ4n) is 2.45. The van der Waals surface area contributed by atoms with Crippen molar-refractivity contribution in [2.45, 2.75) is 32.1 Å². The van der Waals surface area contributed by atoms with Gasteiger partial charge in [-0.25, -0.2) is 0 Å². The maximum absolute atomic E-state index is 10.7. The predicted molar refractivity (Wildman–Crippen MR) is 80.1 cm³/mol. The summed E-state index contributed by atoms with van der Waals surface area (Å²) in [6, 6.07) is 6.93. The van der Waals surface area contributed by atoms with Crippen LogP contribution in [0, 0.1) is 10.1 Å². The third kappa shape index (κ3) is 4.02. The number of hydrogen-bond acceptors (Lipinski definition) is 4. The van der Waals surface area contributed by atoms with Gasteiger partial charge in [-0.3, -0.25) is 10.1 Å². The van der Waals surface area contributed by atoms with Crippen LogP contribution in [0.3, 0.4) is 0 Å². The third-order valence-corrected chi connectivity index (χ3v) is 3.99. The van der Waals surface area contributed by atoms with Gasteiger partial charge < -0.3 is 10.1 Å². The van der Waals surface area contributed by atoms with E-state index in [9.17, 15) is 10.1 Å². The number of hydrogen-bond donors (Lipinski definition) is 1. The normalized spacial score (nSPS) is 11.6. The number of methoxy groups -OCH3 is 1. The van der Waals surface area contributed by atoms with Crippen LogP contribution >= 0.6 is 0 Å². The zero-order chi connectivity index (χ0) is 15.0. The van der Waals surface area contributed by atoms with E-state index in [2.05, 4.69) is 19.2 Å². The summed E-state index contributed by atoms with van der Waals surface area (Å²) in [5.74, 6) is 0. The van der Waals surface area contributed by atoms with E-state index in [0.29, 0.717) is 6.61 Å². The second kappa shape index (κ2) is 7.97. The van der Waals surface area contributed by atoms with Crippen LogP contribution in [0.4, 0.5) is 5.69 Å². The smallest absolute Gasteiger partial charge is 0.269 e. The molecule has 0 saturated carbocycles. The van der Waals surface area contributed by atoms with E-state index >= 15 is 0 Å². The maximum Gasteiger partial charge on any atom is 0.269 e. The lowest BCUT2D eigenvalue weighted by Gasteiger charge is -2.32. The van der Waals surface area contributed by atoms with E-state index in [1.165, 1.54) is 0 Å². The molecule has 0 heterocycles. The molecule has 0 atom stereocenters. The molecule has 5 nitrogen and oxygen atoms in total. The van der Waals surface area contributed by atoms with Crippen LogP contribution in [0.5, 0.6) is 0 Å². The van der Waals surface area contributed by atoms with Gasteiger partial charge in [0.2, 0.25) is 0 Å². The predicted octanol–water partition coefficient (Wildman–Crippen LogP) is 2.89. The average molecular weight is 280 g/mol. The topological polar surface area (TPSA) is 64.4 Å². The Morgan fingerprint density at radius 3 is 2.30 bits per heavy atom. The minimum Gasteiger partial charge on any atom is -0.383 e. The van der Waals surface area contributed by atoms with E-state index in [1.54, 1.807) is 19.2 Å². The Balaban J connectivity index is 2.85. The number of nitrogens with zero attached hydrogens (tertiary/aromatic N) is 1. The first kappa shape index (κ1) is 16.6. The molecule has 0 aromatic heterocycles. The van der Waals surface area contributed by atoms with Gasteiger partial charge >= 0.3 is 0 Å². The molecule has 112 valence electrons. The van der Waals surface area contributed by atoms with E-state index < -0.39 is 0 Å². The number of nitro groups is 1. The van der Waals surface area contributed by atoms with Gasteiger partial charge in [-0.1, -0.05) is 26.0 Å². The molecule has 0 bridgehead atoms. The molecule has 0 amide bonds. The Morgan fingerprint density at radius 2 is 1.85 bits per heavy atom. The van der Waals surface area contributed by atoms with Crippen LogP contribution in [0.1, 0.15) is 32.3 Å². The summed E-state index contributed by atoms with van der Waals surface area (Å²) in [6.45, 7) is 6.65. The molecule has 1 N–H and O–H groups in total. The lowest BCUT2D eigenvalue weighted by molar-refractivity contribution is -0.384. The summed E-state index contributed by atoms with van der Waals surface area (Å²) < 4.78 is 5.03. The van der Waals surface area contributed by atoms with Crippen LogP contribution in [0.2, 0.25) is 0 Å². The summed E-state index contributed by atoms with van der Waals surface area (Å²) >= 11 is 0. The summed E-state index contributed by atoms with van der Waals surface area (Å²) in [5, 5.41) is 14.1. The molecule has 1 aromatic carbocycles. The van der Waals surface area contributed by atoms with Crippen molar-refractivity contribution in [3.05, 3.63) is 39.9 Å². The molecule has 1 rings (SSSR count). The molecule has 0 aliphatic rings. The van der Waals surface area contributed by atoms with Crippen molar-refractivity contribution in [2.24, 2.45) is 0 Å². The van der Waals surface area contributed by atoms with Crippen LogP contribution in [-0.2, 0) is 10.2 Å². The fraction of sp³-hybridized carbons (Fsp3) is 0.600. The first-order valence-corrected chi connectivity index (χ1v) is 7.04. The van der Waals surface area contributed by atoms with E-state index in [-0.39, 0.29) is 16.0 Å².